The van der Waals surface area contributed by atoms with Crippen molar-refractivity contribution in [1.82, 2.24) is 9.78 Å². The van der Waals surface area contributed by atoms with Crippen molar-refractivity contribution in [3.05, 3.63) is 12.3 Å². The Balaban J connectivity index is 2.28. The highest BCUT2D eigenvalue weighted by Crippen LogP contribution is 2.29. The highest BCUT2D eigenvalue weighted by atomic mass is 16.5. The van der Waals surface area contributed by atoms with Crippen LogP contribution in [0.4, 0.5) is 0 Å². The molecule has 1 atom stereocenters. The van der Waals surface area contributed by atoms with Crippen LogP contribution in [0.15, 0.2) is 12.3 Å². The molecular formula is C8H12N2O. The molecule has 0 radical (unpaired) electrons. The van der Waals surface area contributed by atoms with Gasteiger partial charge in [0.15, 0.2) is 0 Å². The zero-order valence-corrected chi connectivity index (χ0v) is 6.87. The van der Waals surface area contributed by atoms with Crippen molar-refractivity contribution in [1.29, 1.82) is 0 Å². The SMILES string of the molecule is CCC1(C)Cn2nccc2O1. The number of rotatable bonds is 1. The Morgan fingerprint density at radius 3 is 3.27 bits per heavy atom. The number of ether oxygens (including phenoxy) is 1. The summed E-state index contributed by atoms with van der Waals surface area (Å²) in [5.74, 6) is 0.898. The molecule has 1 aromatic rings. The number of aromatic nitrogens is 2. The summed E-state index contributed by atoms with van der Waals surface area (Å²) in [7, 11) is 0. The Kier molecular flexibility index (Phi) is 1.22. The zero-order chi connectivity index (χ0) is 7.90. The molecule has 1 aliphatic heterocycles. The van der Waals surface area contributed by atoms with Gasteiger partial charge < -0.3 is 4.74 Å². The first kappa shape index (κ1) is 6.70. The van der Waals surface area contributed by atoms with Crippen molar-refractivity contribution in [2.45, 2.75) is 32.4 Å². The standard InChI is InChI=1S/C8H12N2O/c1-3-8(2)6-10-7(11-8)4-5-9-10/h4-5H,3,6H2,1-2H3. The van der Waals surface area contributed by atoms with Crippen molar-refractivity contribution >= 4 is 0 Å². The minimum Gasteiger partial charge on any atom is -0.470 e. The maximum Gasteiger partial charge on any atom is 0.212 e. The van der Waals surface area contributed by atoms with Gasteiger partial charge in [0, 0.05) is 6.07 Å². The quantitative estimate of drug-likeness (QED) is 0.609. The first-order chi connectivity index (χ1) is 5.23. The maximum atomic E-state index is 5.68. The summed E-state index contributed by atoms with van der Waals surface area (Å²) in [6, 6.07) is 1.90. The van der Waals surface area contributed by atoms with E-state index in [1.54, 1.807) is 6.20 Å². The lowest BCUT2D eigenvalue weighted by Gasteiger charge is -2.19. The van der Waals surface area contributed by atoms with E-state index in [0.29, 0.717) is 0 Å². The lowest BCUT2D eigenvalue weighted by Crippen LogP contribution is -2.30. The number of nitrogens with zero attached hydrogens (tertiary/aromatic N) is 2. The van der Waals surface area contributed by atoms with E-state index in [-0.39, 0.29) is 5.60 Å². The average molecular weight is 152 g/mol. The molecule has 3 nitrogen and oxygen atoms in total. The number of hydrogen-bond donors (Lipinski definition) is 0. The van der Waals surface area contributed by atoms with Gasteiger partial charge in [-0.25, -0.2) is 4.68 Å². The van der Waals surface area contributed by atoms with Crippen molar-refractivity contribution in [2.24, 2.45) is 0 Å². The van der Waals surface area contributed by atoms with E-state index in [1.807, 2.05) is 10.7 Å². The van der Waals surface area contributed by atoms with Crippen LogP contribution in [0.3, 0.4) is 0 Å². The predicted molar refractivity (Wildman–Crippen MR) is 41.6 cm³/mol. The third-order valence-corrected chi connectivity index (χ3v) is 2.26. The van der Waals surface area contributed by atoms with Gasteiger partial charge in [0.25, 0.3) is 0 Å². The smallest absolute Gasteiger partial charge is 0.212 e. The molecule has 60 valence electrons. The summed E-state index contributed by atoms with van der Waals surface area (Å²) in [6.07, 6.45) is 2.79. The van der Waals surface area contributed by atoms with Crippen LogP contribution in [0.25, 0.3) is 0 Å². The topological polar surface area (TPSA) is 27.1 Å². The molecule has 0 N–H and O–H groups in total. The van der Waals surface area contributed by atoms with Crippen LogP contribution in [-0.2, 0) is 6.54 Å². The fourth-order valence-electron chi connectivity index (χ4n) is 1.31. The van der Waals surface area contributed by atoms with E-state index in [0.717, 1.165) is 18.8 Å². The van der Waals surface area contributed by atoms with Gasteiger partial charge in [0.1, 0.15) is 5.60 Å². The monoisotopic (exact) mass is 152 g/mol. The molecule has 11 heavy (non-hydrogen) atoms. The second-order valence-corrected chi connectivity index (χ2v) is 3.23. The highest BCUT2D eigenvalue weighted by molar-refractivity contribution is 5.13. The maximum absolute atomic E-state index is 5.68. The van der Waals surface area contributed by atoms with Gasteiger partial charge in [-0.05, 0) is 13.3 Å². The van der Waals surface area contributed by atoms with E-state index in [4.69, 9.17) is 4.74 Å². The van der Waals surface area contributed by atoms with Crippen molar-refractivity contribution in [3.63, 3.8) is 0 Å². The third-order valence-electron chi connectivity index (χ3n) is 2.26. The minimum atomic E-state index is -0.0242. The summed E-state index contributed by atoms with van der Waals surface area (Å²) >= 11 is 0. The molecule has 1 aromatic heterocycles. The summed E-state index contributed by atoms with van der Waals surface area (Å²) in [5.41, 5.74) is -0.0242. The van der Waals surface area contributed by atoms with Crippen LogP contribution < -0.4 is 4.74 Å². The van der Waals surface area contributed by atoms with Gasteiger partial charge in [0.2, 0.25) is 5.88 Å². The molecule has 0 amide bonds. The van der Waals surface area contributed by atoms with E-state index in [1.165, 1.54) is 0 Å². The lowest BCUT2D eigenvalue weighted by atomic mass is 10.1. The molecule has 1 unspecified atom stereocenters. The van der Waals surface area contributed by atoms with Gasteiger partial charge in [-0.2, -0.15) is 5.10 Å². The Morgan fingerprint density at radius 1 is 1.82 bits per heavy atom. The molecule has 2 rings (SSSR count). The van der Waals surface area contributed by atoms with Crippen LogP contribution >= 0.6 is 0 Å². The van der Waals surface area contributed by atoms with Gasteiger partial charge in [-0.15, -0.1) is 0 Å². The van der Waals surface area contributed by atoms with Gasteiger partial charge in [-0.3, -0.25) is 0 Å². The predicted octanol–water partition coefficient (Wildman–Crippen LogP) is 1.44. The fraction of sp³-hybridized carbons (Fsp3) is 0.625. The van der Waals surface area contributed by atoms with E-state index in [9.17, 15) is 0 Å². The molecular weight excluding hydrogens is 140 g/mol. The molecule has 0 saturated heterocycles. The van der Waals surface area contributed by atoms with Gasteiger partial charge >= 0.3 is 0 Å². The normalized spacial score (nSPS) is 28.2. The molecule has 0 aromatic carbocycles. The van der Waals surface area contributed by atoms with Crippen LogP contribution in [0, 0.1) is 0 Å². The minimum absolute atomic E-state index is 0.0242. The van der Waals surface area contributed by atoms with Crippen LogP contribution in [0.1, 0.15) is 20.3 Å². The van der Waals surface area contributed by atoms with Crippen molar-refractivity contribution in [2.75, 3.05) is 0 Å². The van der Waals surface area contributed by atoms with Crippen molar-refractivity contribution in [3.8, 4) is 5.88 Å². The Morgan fingerprint density at radius 2 is 2.64 bits per heavy atom. The van der Waals surface area contributed by atoms with Crippen LogP contribution in [0.5, 0.6) is 5.88 Å². The van der Waals surface area contributed by atoms with Crippen LogP contribution in [0.2, 0.25) is 0 Å². The third kappa shape index (κ3) is 0.914. The molecule has 3 heteroatoms. The van der Waals surface area contributed by atoms with Crippen LogP contribution in [-0.4, -0.2) is 15.4 Å². The lowest BCUT2D eigenvalue weighted by molar-refractivity contribution is 0.108. The fourth-order valence-corrected chi connectivity index (χ4v) is 1.31. The number of hydrogen-bond acceptors (Lipinski definition) is 2. The molecule has 0 saturated carbocycles. The molecule has 0 fully saturated rings. The molecule has 1 aliphatic rings. The first-order valence-electron chi connectivity index (χ1n) is 3.94. The molecule has 2 heterocycles. The number of fused-ring (bicyclic) bond motifs is 1. The molecule has 0 bridgehead atoms. The van der Waals surface area contributed by atoms with Crippen molar-refractivity contribution < 1.29 is 4.74 Å². The van der Waals surface area contributed by atoms with E-state index >= 15 is 0 Å². The summed E-state index contributed by atoms with van der Waals surface area (Å²) in [6.45, 7) is 5.12. The molecule has 0 spiro atoms. The average Bonchev–Trinajstić information content (AvgIpc) is 2.46. The second kappa shape index (κ2) is 2.00. The summed E-state index contributed by atoms with van der Waals surface area (Å²) < 4.78 is 7.59. The summed E-state index contributed by atoms with van der Waals surface area (Å²) in [5, 5.41) is 4.13. The first-order valence-corrected chi connectivity index (χ1v) is 3.94. The Bertz CT molecular complexity index is 246. The highest BCUT2D eigenvalue weighted by Gasteiger charge is 2.33. The van der Waals surface area contributed by atoms with E-state index in [2.05, 4.69) is 18.9 Å². The van der Waals surface area contributed by atoms with E-state index < -0.39 is 0 Å². The Labute approximate surface area is 66.0 Å². The Hall–Kier alpha value is -0.990. The largest absolute Gasteiger partial charge is 0.470 e. The second-order valence-electron chi connectivity index (χ2n) is 3.23. The zero-order valence-electron chi connectivity index (χ0n) is 6.87. The van der Waals surface area contributed by atoms with Gasteiger partial charge in [0.05, 0.1) is 12.7 Å². The summed E-state index contributed by atoms with van der Waals surface area (Å²) in [4.78, 5) is 0. The molecule has 0 aliphatic carbocycles. The van der Waals surface area contributed by atoms with Gasteiger partial charge in [-0.1, -0.05) is 6.92 Å².